The number of aromatic nitrogens is 2. The molecule has 0 fully saturated rings. The Morgan fingerprint density at radius 1 is 1.14 bits per heavy atom. The number of ether oxygens (including phenoxy) is 1. The number of rotatable bonds is 5. The molecule has 0 spiro atoms. The van der Waals surface area contributed by atoms with Crippen molar-refractivity contribution in [2.24, 2.45) is 0 Å². The Balaban J connectivity index is 1.69. The lowest BCUT2D eigenvalue weighted by atomic mass is 10.1. The van der Waals surface area contributed by atoms with Crippen LogP contribution in [-0.4, -0.2) is 25.1 Å². The SMILES string of the molecule is COc1ccc(S(=O)(=O)Nc2ccccc2-c2cn3c(n2)CCCC3)cc1C. The minimum absolute atomic E-state index is 0.199. The molecule has 2 aromatic carbocycles. The van der Waals surface area contributed by atoms with Gasteiger partial charge in [-0.05, 0) is 49.6 Å². The number of hydrogen-bond acceptors (Lipinski definition) is 4. The van der Waals surface area contributed by atoms with Gasteiger partial charge in [-0.2, -0.15) is 0 Å². The van der Waals surface area contributed by atoms with Crippen LogP contribution in [0.1, 0.15) is 24.2 Å². The number of benzene rings is 2. The molecule has 2 heterocycles. The van der Waals surface area contributed by atoms with E-state index in [1.807, 2.05) is 31.3 Å². The van der Waals surface area contributed by atoms with Gasteiger partial charge in [0.15, 0.2) is 0 Å². The molecule has 0 saturated carbocycles. The standard InChI is InChI=1S/C21H23N3O3S/c1-15-13-16(10-11-20(15)27-2)28(25,26)23-18-8-4-3-7-17(18)19-14-24-12-6-5-9-21(24)22-19/h3-4,7-8,10-11,13-14,23H,5-6,9,12H2,1-2H3. The normalized spacial score (nSPS) is 13.8. The third kappa shape index (κ3) is 3.49. The van der Waals surface area contributed by atoms with E-state index < -0.39 is 10.0 Å². The van der Waals surface area contributed by atoms with Crippen LogP contribution in [0.15, 0.2) is 53.6 Å². The van der Waals surface area contributed by atoms with Crippen molar-refractivity contribution in [3.05, 3.63) is 60.0 Å². The first-order chi connectivity index (χ1) is 13.5. The van der Waals surface area contributed by atoms with Crippen molar-refractivity contribution in [1.82, 2.24) is 9.55 Å². The van der Waals surface area contributed by atoms with E-state index in [1.54, 1.807) is 31.4 Å². The lowest BCUT2D eigenvalue weighted by Crippen LogP contribution is -2.14. The smallest absolute Gasteiger partial charge is 0.261 e. The molecule has 146 valence electrons. The second-order valence-corrected chi connectivity index (χ2v) is 8.66. The van der Waals surface area contributed by atoms with Crippen LogP contribution >= 0.6 is 0 Å². The summed E-state index contributed by atoms with van der Waals surface area (Å²) in [5.74, 6) is 1.72. The third-order valence-corrected chi connectivity index (χ3v) is 6.40. The number of anilines is 1. The Morgan fingerprint density at radius 3 is 2.71 bits per heavy atom. The number of imidazole rings is 1. The fourth-order valence-electron chi connectivity index (χ4n) is 3.56. The number of fused-ring (bicyclic) bond motifs is 1. The van der Waals surface area contributed by atoms with Crippen molar-refractivity contribution in [2.45, 2.75) is 37.6 Å². The lowest BCUT2D eigenvalue weighted by molar-refractivity contribution is 0.411. The van der Waals surface area contributed by atoms with Crippen molar-refractivity contribution >= 4 is 15.7 Å². The van der Waals surface area contributed by atoms with Crippen LogP contribution in [0.25, 0.3) is 11.3 Å². The summed E-state index contributed by atoms with van der Waals surface area (Å²) in [7, 11) is -2.17. The summed E-state index contributed by atoms with van der Waals surface area (Å²) in [6, 6.07) is 12.2. The summed E-state index contributed by atoms with van der Waals surface area (Å²) >= 11 is 0. The maximum atomic E-state index is 13.0. The van der Waals surface area contributed by atoms with Crippen LogP contribution in [0.3, 0.4) is 0 Å². The van der Waals surface area contributed by atoms with E-state index in [4.69, 9.17) is 9.72 Å². The molecular formula is C21H23N3O3S. The van der Waals surface area contributed by atoms with Crippen LogP contribution in [0, 0.1) is 6.92 Å². The van der Waals surface area contributed by atoms with Gasteiger partial charge in [0.1, 0.15) is 11.6 Å². The predicted molar refractivity (Wildman–Crippen MR) is 109 cm³/mol. The molecule has 0 unspecified atom stereocenters. The Bertz CT molecular complexity index is 1100. The number of nitrogens with zero attached hydrogens (tertiary/aromatic N) is 2. The Labute approximate surface area is 165 Å². The maximum Gasteiger partial charge on any atom is 0.261 e. The van der Waals surface area contributed by atoms with Gasteiger partial charge >= 0.3 is 0 Å². The van der Waals surface area contributed by atoms with E-state index in [9.17, 15) is 8.42 Å². The molecule has 0 saturated heterocycles. The number of hydrogen-bond donors (Lipinski definition) is 1. The average molecular weight is 398 g/mol. The zero-order valence-electron chi connectivity index (χ0n) is 16.0. The number of para-hydroxylation sites is 1. The van der Waals surface area contributed by atoms with E-state index in [0.717, 1.165) is 48.5 Å². The first-order valence-electron chi connectivity index (χ1n) is 9.31. The summed E-state index contributed by atoms with van der Waals surface area (Å²) in [4.78, 5) is 4.93. The number of methoxy groups -OCH3 is 1. The molecule has 1 N–H and O–H groups in total. The van der Waals surface area contributed by atoms with E-state index in [2.05, 4.69) is 9.29 Å². The van der Waals surface area contributed by atoms with Gasteiger partial charge < -0.3 is 9.30 Å². The summed E-state index contributed by atoms with van der Waals surface area (Å²) in [5, 5.41) is 0. The lowest BCUT2D eigenvalue weighted by Gasteiger charge is -2.13. The highest BCUT2D eigenvalue weighted by Gasteiger charge is 2.20. The van der Waals surface area contributed by atoms with Crippen LogP contribution < -0.4 is 9.46 Å². The van der Waals surface area contributed by atoms with E-state index in [-0.39, 0.29) is 4.90 Å². The van der Waals surface area contributed by atoms with Crippen molar-refractivity contribution in [3.63, 3.8) is 0 Å². The second-order valence-electron chi connectivity index (χ2n) is 6.98. The third-order valence-electron chi connectivity index (χ3n) is 5.03. The molecular weight excluding hydrogens is 374 g/mol. The molecule has 4 rings (SSSR count). The first kappa shape index (κ1) is 18.6. The first-order valence-corrected chi connectivity index (χ1v) is 10.8. The van der Waals surface area contributed by atoms with Crippen LogP contribution in [0.2, 0.25) is 0 Å². The monoisotopic (exact) mass is 397 g/mol. The molecule has 1 aromatic heterocycles. The largest absolute Gasteiger partial charge is 0.496 e. The zero-order valence-corrected chi connectivity index (χ0v) is 16.8. The highest BCUT2D eigenvalue weighted by molar-refractivity contribution is 7.92. The summed E-state index contributed by atoms with van der Waals surface area (Å²) < 4.78 is 36.0. The minimum atomic E-state index is -3.73. The van der Waals surface area contributed by atoms with Gasteiger partial charge in [-0.15, -0.1) is 0 Å². The van der Waals surface area contributed by atoms with E-state index in [1.165, 1.54) is 0 Å². The average Bonchev–Trinajstić information content (AvgIpc) is 3.12. The summed E-state index contributed by atoms with van der Waals surface area (Å²) in [6.45, 7) is 2.78. The van der Waals surface area contributed by atoms with Gasteiger partial charge in [0.2, 0.25) is 0 Å². The molecule has 1 aliphatic heterocycles. The number of sulfonamides is 1. The van der Waals surface area contributed by atoms with Crippen molar-refractivity contribution < 1.29 is 13.2 Å². The Hall–Kier alpha value is -2.80. The molecule has 1 aliphatic rings. The zero-order chi connectivity index (χ0) is 19.7. The van der Waals surface area contributed by atoms with Crippen LogP contribution in [-0.2, 0) is 23.0 Å². The highest BCUT2D eigenvalue weighted by Crippen LogP contribution is 2.31. The quantitative estimate of drug-likeness (QED) is 0.706. The summed E-state index contributed by atoms with van der Waals surface area (Å²) in [5.41, 5.74) is 2.85. The molecule has 0 aliphatic carbocycles. The van der Waals surface area contributed by atoms with Gasteiger partial charge in [-0.3, -0.25) is 4.72 Å². The minimum Gasteiger partial charge on any atom is -0.496 e. The van der Waals surface area contributed by atoms with Crippen molar-refractivity contribution in [1.29, 1.82) is 0 Å². The molecule has 0 amide bonds. The Morgan fingerprint density at radius 2 is 1.96 bits per heavy atom. The van der Waals surface area contributed by atoms with Gasteiger partial charge in [-0.25, -0.2) is 13.4 Å². The summed E-state index contributed by atoms with van der Waals surface area (Å²) in [6.07, 6.45) is 5.26. The molecule has 6 nitrogen and oxygen atoms in total. The fraction of sp³-hybridized carbons (Fsp3) is 0.286. The number of nitrogens with one attached hydrogen (secondary N) is 1. The molecule has 0 bridgehead atoms. The van der Waals surface area contributed by atoms with Crippen molar-refractivity contribution in [2.75, 3.05) is 11.8 Å². The topological polar surface area (TPSA) is 73.2 Å². The highest BCUT2D eigenvalue weighted by atomic mass is 32.2. The second kappa shape index (κ2) is 7.31. The van der Waals surface area contributed by atoms with Crippen LogP contribution in [0.5, 0.6) is 5.75 Å². The van der Waals surface area contributed by atoms with Gasteiger partial charge in [-0.1, -0.05) is 18.2 Å². The Kier molecular flexibility index (Phi) is 4.85. The van der Waals surface area contributed by atoms with E-state index in [0.29, 0.717) is 11.4 Å². The molecule has 7 heteroatoms. The van der Waals surface area contributed by atoms with Crippen LogP contribution in [0.4, 0.5) is 5.69 Å². The predicted octanol–water partition coefficient (Wildman–Crippen LogP) is 4.00. The molecule has 0 atom stereocenters. The number of aryl methyl sites for hydroxylation is 3. The maximum absolute atomic E-state index is 13.0. The van der Waals surface area contributed by atoms with E-state index >= 15 is 0 Å². The van der Waals surface area contributed by atoms with Gasteiger partial charge in [0.05, 0.1) is 23.4 Å². The molecule has 3 aromatic rings. The fourth-order valence-corrected chi connectivity index (χ4v) is 4.72. The molecule has 28 heavy (non-hydrogen) atoms. The van der Waals surface area contributed by atoms with Gasteiger partial charge in [0.25, 0.3) is 10.0 Å². The van der Waals surface area contributed by atoms with Gasteiger partial charge in [0, 0.05) is 24.7 Å². The van der Waals surface area contributed by atoms with Crippen molar-refractivity contribution in [3.8, 4) is 17.0 Å². The molecule has 0 radical (unpaired) electrons.